The molecule has 5 heteroatoms. The first-order chi connectivity index (χ1) is 11.6. The van der Waals surface area contributed by atoms with Crippen molar-refractivity contribution in [3.63, 3.8) is 0 Å². The first-order valence-corrected chi connectivity index (χ1v) is 9.26. The van der Waals surface area contributed by atoms with Gasteiger partial charge in [-0.3, -0.25) is 12.2 Å². The Kier molecular flexibility index (Phi) is 14.4. The fourth-order valence-corrected chi connectivity index (χ4v) is 2.72. The minimum atomic E-state index is 0. The quantitative estimate of drug-likeness (QED) is 0.475. The SMILES string of the molecule is Cc1ccsc1O.Cc1ccsc1O.[C-]1=CC=CC1.[C-]1=CC=CC1.[Zr+2]. The number of hydrogen-bond donors (Lipinski definition) is 2. The van der Waals surface area contributed by atoms with Crippen LogP contribution in [0.15, 0.2) is 59.3 Å². The van der Waals surface area contributed by atoms with E-state index in [-0.39, 0.29) is 26.2 Å². The van der Waals surface area contributed by atoms with Gasteiger partial charge < -0.3 is 10.2 Å². The third-order valence-electron chi connectivity index (χ3n) is 2.84. The van der Waals surface area contributed by atoms with Gasteiger partial charge in [0.15, 0.2) is 10.1 Å². The second kappa shape index (κ2) is 15.1. The second-order valence-electron chi connectivity index (χ2n) is 4.82. The first kappa shape index (κ1) is 23.8. The monoisotopic (exact) mass is 448 g/mol. The molecule has 0 aliphatic heterocycles. The summed E-state index contributed by atoms with van der Waals surface area (Å²) in [5.41, 5.74) is 1.93. The zero-order chi connectivity index (χ0) is 17.6. The van der Waals surface area contributed by atoms with E-state index in [0.29, 0.717) is 10.1 Å². The van der Waals surface area contributed by atoms with Gasteiger partial charge in [-0.2, -0.15) is 12.2 Å². The van der Waals surface area contributed by atoms with E-state index < -0.39 is 0 Å². The molecule has 2 aliphatic rings. The molecule has 0 saturated heterocycles. The molecule has 2 aromatic heterocycles. The number of hydrogen-bond acceptors (Lipinski definition) is 4. The van der Waals surface area contributed by atoms with E-state index >= 15 is 0 Å². The molecule has 2 N–H and O–H groups in total. The second-order valence-corrected chi connectivity index (χ2v) is 6.61. The molecular weight excluding hydrogens is 428 g/mol. The van der Waals surface area contributed by atoms with Crippen LogP contribution < -0.4 is 0 Å². The van der Waals surface area contributed by atoms with Crippen molar-refractivity contribution in [3.05, 3.63) is 82.6 Å². The molecule has 0 aromatic carbocycles. The van der Waals surface area contributed by atoms with Gasteiger partial charge >= 0.3 is 26.2 Å². The van der Waals surface area contributed by atoms with E-state index in [4.69, 9.17) is 10.2 Å². The molecule has 0 spiro atoms. The van der Waals surface area contributed by atoms with Crippen molar-refractivity contribution in [2.75, 3.05) is 0 Å². The molecule has 2 heterocycles. The molecule has 0 atom stereocenters. The van der Waals surface area contributed by atoms with Crippen molar-refractivity contribution >= 4 is 22.7 Å². The molecule has 0 unspecified atom stereocenters. The fourth-order valence-electron chi connectivity index (χ4n) is 1.41. The van der Waals surface area contributed by atoms with Crippen LogP contribution in [0.3, 0.4) is 0 Å². The molecule has 2 aromatic rings. The topological polar surface area (TPSA) is 40.5 Å². The third-order valence-corrected chi connectivity index (χ3v) is 4.48. The molecule has 4 rings (SSSR count). The predicted octanol–water partition coefficient (Wildman–Crippen LogP) is 6.13. The summed E-state index contributed by atoms with van der Waals surface area (Å²) in [5.74, 6) is 0. The normalized spacial score (nSPS) is 12.2. The van der Waals surface area contributed by atoms with Crippen LogP contribution in [0.4, 0.5) is 0 Å². The van der Waals surface area contributed by atoms with Gasteiger partial charge in [-0.15, -0.1) is 35.5 Å². The largest absolute Gasteiger partial charge is 2.00 e. The number of thiophene rings is 2. The summed E-state index contributed by atoms with van der Waals surface area (Å²) in [6, 6.07) is 3.78. The summed E-state index contributed by atoms with van der Waals surface area (Å²) < 4.78 is 0. The van der Waals surface area contributed by atoms with Crippen LogP contribution in [-0.2, 0) is 26.2 Å². The number of allylic oxidation sites excluding steroid dienone is 8. The van der Waals surface area contributed by atoms with Gasteiger partial charge in [-0.25, -0.2) is 24.3 Å². The number of aromatic hydroxyl groups is 2. The molecule has 0 amide bonds. The van der Waals surface area contributed by atoms with Gasteiger partial charge in [0.2, 0.25) is 0 Å². The van der Waals surface area contributed by atoms with Crippen LogP contribution in [-0.4, -0.2) is 10.2 Å². The zero-order valence-electron chi connectivity index (χ0n) is 14.4. The van der Waals surface area contributed by atoms with E-state index in [2.05, 4.69) is 24.3 Å². The summed E-state index contributed by atoms with van der Waals surface area (Å²) in [6.45, 7) is 3.76. The summed E-state index contributed by atoms with van der Waals surface area (Å²) in [4.78, 5) is 0. The van der Waals surface area contributed by atoms with Crippen LogP contribution in [0.25, 0.3) is 0 Å². The molecule has 0 saturated carbocycles. The maximum absolute atomic E-state index is 8.78. The van der Waals surface area contributed by atoms with Gasteiger partial charge in [-0.1, -0.05) is 0 Å². The molecule has 25 heavy (non-hydrogen) atoms. The maximum Gasteiger partial charge on any atom is 2.00 e. The summed E-state index contributed by atoms with van der Waals surface area (Å²) in [6.07, 6.45) is 20.0. The van der Waals surface area contributed by atoms with Crippen LogP contribution in [0.5, 0.6) is 10.1 Å². The first-order valence-electron chi connectivity index (χ1n) is 7.51. The van der Waals surface area contributed by atoms with E-state index in [1.807, 2.05) is 61.0 Å². The minimum Gasteiger partial charge on any atom is -0.499 e. The smallest absolute Gasteiger partial charge is 0.499 e. The standard InChI is InChI=1S/2C5H6OS.2C5H5.Zr/c2*1-4-2-3-7-5(4)6;2*1-2-4-5-3-1;/h2*2-3,6H,1H3;2*1-3H,4H2;/q;;2*-1;+2. The fraction of sp³-hybridized carbons (Fsp3) is 0.200. The Hall–Kier alpha value is -1.16. The van der Waals surface area contributed by atoms with Crippen molar-refractivity contribution in [1.29, 1.82) is 0 Å². The minimum absolute atomic E-state index is 0. The molecule has 2 nitrogen and oxygen atoms in total. The van der Waals surface area contributed by atoms with E-state index in [1.165, 1.54) is 22.7 Å². The summed E-state index contributed by atoms with van der Waals surface area (Å²) in [5, 5.41) is 22.1. The average Bonchev–Trinajstić information content (AvgIpc) is 3.36. The van der Waals surface area contributed by atoms with Gasteiger partial charge in [-0.05, 0) is 36.7 Å². The summed E-state index contributed by atoms with van der Waals surface area (Å²) in [7, 11) is 0. The van der Waals surface area contributed by atoms with Gasteiger partial charge in [0.05, 0.1) is 0 Å². The van der Waals surface area contributed by atoms with Crippen LogP contribution in [0.2, 0.25) is 0 Å². The summed E-state index contributed by atoms with van der Waals surface area (Å²) >= 11 is 2.72. The predicted molar refractivity (Wildman–Crippen MR) is 105 cm³/mol. The van der Waals surface area contributed by atoms with Crippen LogP contribution >= 0.6 is 22.7 Å². The van der Waals surface area contributed by atoms with Crippen molar-refractivity contribution in [3.8, 4) is 10.1 Å². The Bertz CT molecular complexity index is 581. The molecule has 0 fully saturated rings. The third kappa shape index (κ3) is 11.9. The van der Waals surface area contributed by atoms with Crippen LogP contribution in [0, 0.1) is 26.0 Å². The van der Waals surface area contributed by atoms with Crippen LogP contribution in [0.1, 0.15) is 24.0 Å². The van der Waals surface area contributed by atoms with Crippen molar-refractivity contribution in [2.45, 2.75) is 26.7 Å². The van der Waals surface area contributed by atoms with Crippen molar-refractivity contribution in [2.24, 2.45) is 0 Å². The Balaban J connectivity index is 0.000000307. The molecule has 130 valence electrons. The zero-order valence-corrected chi connectivity index (χ0v) is 18.5. The van der Waals surface area contributed by atoms with Gasteiger partial charge in [0, 0.05) is 11.1 Å². The van der Waals surface area contributed by atoms with Gasteiger partial charge in [0.1, 0.15) is 0 Å². The Morgan fingerprint density at radius 1 is 0.800 bits per heavy atom. The number of rotatable bonds is 0. The number of aryl methyl sites for hydroxylation is 2. The van der Waals surface area contributed by atoms with E-state index in [9.17, 15) is 0 Å². The van der Waals surface area contributed by atoms with Gasteiger partial charge in [0.25, 0.3) is 0 Å². The molecular formula is C20H22O2S2Zr. The molecule has 0 radical (unpaired) electrons. The van der Waals surface area contributed by atoms with Crippen molar-refractivity contribution < 1.29 is 36.4 Å². The molecule has 0 bridgehead atoms. The maximum atomic E-state index is 8.78. The van der Waals surface area contributed by atoms with E-state index in [1.54, 1.807) is 0 Å². The molecule has 2 aliphatic carbocycles. The average molecular weight is 450 g/mol. The Morgan fingerprint density at radius 3 is 1.28 bits per heavy atom. The van der Waals surface area contributed by atoms with Crippen molar-refractivity contribution in [1.82, 2.24) is 0 Å². The Labute approximate surface area is 177 Å². The Morgan fingerprint density at radius 2 is 1.20 bits per heavy atom. The van der Waals surface area contributed by atoms with E-state index in [0.717, 1.165) is 24.0 Å².